The minimum atomic E-state index is 0.0405. The van der Waals surface area contributed by atoms with Crippen LogP contribution in [0.1, 0.15) is 18.1 Å². The second kappa shape index (κ2) is 7.29. The standard InChI is InChI=1S/C16H19ClN2O2/c1-11(18)9-12-5-3-7-14(17)15(12)21-10-13-6-4-8-19-16(13)20-2/h3-8,11H,9-10,18H2,1-2H3. The van der Waals surface area contributed by atoms with E-state index in [1.807, 2.05) is 37.3 Å². The van der Waals surface area contributed by atoms with Gasteiger partial charge >= 0.3 is 0 Å². The lowest BCUT2D eigenvalue weighted by atomic mass is 10.1. The number of halogens is 1. The lowest BCUT2D eigenvalue weighted by Crippen LogP contribution is -2.18. The molecule has 4 nitrogen and oxygen atoms in total. The molecule has 1 aromatic carbocycles. The number of pyridine rings is 1. The summed E-state index contributed by atoms with van der Waals surface area (Å²) in [4.78, 5) is 4.15. The number of para-hydroxylation sites is 1. The van der Waals surface area contributed by atoms with E-state index in [4.69, 9.17) is 26.8 Å². The van der Waals surface area contributed by atoms with Crippen LogP contribution in [0, 0.1) is 0 Å². The number of benzene rings is 1. The van der Waals surface area contributed by atoms with E-state index in [0.29, 0.717) is 29.7 Å². The van der Waals surface area contributed by atoms with E-state index in [-0.39, 0.29) is 6.04 Å². The van der Waals surface area contributed by atoms with Crippen LogP contribution in [0.3, 0.4) is 0 Å². The van der Waals surface area contributed by atoms with Crippen molar-refractivity contribution in [1.29, 1.82) is 0 Å². The van der Waals surface area contributed by atoms with E-state index in [0.717, 1.165) is 11.1 Å². The first-order chi connectivity index (χ1) is 10.1. The molecule has 1 aromatic heterocycles. The third-order valence-corrected chi connectivity index (χ3v) is 3.30. The van der Waals surface area contributed by atoms with Gasteiger partial charge in [-0.25, -0.2) is 4.98 Å². The fraction of sp³-hybridized carbons (Fsp3) is 0.312. The van der Waals surface area contributed by atoms with Gasteiger partial charge in [0.15, 0.2) is 0 Å². The first kappa shape index (κ1) is 15.6. The van der Waals surface area contributed by atoms with E-state index >= 15 is 0 Å². The molecular formula is C16H19ClN2O2. The van der Waals surface area contributed by atoms with Crippen molar-refractivity contribution >= 4 is 11.6 Å². The molecule has 0 radical (unpaired) electrons. The van der Waals surface area contributed by atoms with Gasteiger partial charge in [0.25, 0.3) is 0 Å². The molecule has 0 aliphatic carbocycles. The second-order valence-corrected chi connectivity index (χ2v) is 5.28. The van der Waals surface area contributed by atoms with Gasteiger partial charge in [-0.3, -0.25) is 0 Å². The van der Waals surface area contributed by atoms with Gasteiger partial charge < -0.3 is 15.2 Å². The summed E-state index contributed by atoms with van der Waals surface area (Å²) < 4.78 is 11.1. The highest BCUT2D eigenvalue weighted by Crippen LogP contribution is 2.30. The zero-order valence-corrected chi connectivity index (χ0v) is 12.9. The van der Waals surface area contributed by atoms with Crippen molar-refractivity contribution in [3.05, 3.63) is 52.7 Å². The van der Waals surface area contributed by atoms with Gasteiger partial charge in [-0.2, -0.15) is 0 Å². The maximum Gasteiger partial charge on any atom is 0.219 e. The van der Waals surface area contributed by atoms with E-state index in [9.17, 15) is 0 Å². The number of hydrogen-bond donors (Lipinski definition) is 1. The Labute approximate surface area is 129 Å². The molecule has 0 bridgehead atoms. The van der Waals surface area contributed by atoms with Gasteiger partial charge in [-0.05, 0) is 37.1 Å². The third-order valence-electron chi connectivity index (χ3n) is 3.01. The molecule has 5 heteroatoms. The summed E-state index contributed by atoms with van der Waals surface area (Å²) in [6, 6.07) is 9.48. The average molecular weight is 307 g/mol. The van der Waals surface area contributed by atoms with Crippen LogP contribution in [0.2, 0.25) is 5.02 Å². The highest BCUT2D eigenvalue weighted by Gasteiger charge is 2.12. The molecule has 0 saturated carbocycles. The maximum absolute atomic E-state index is 6.24. The number of nitrogens with two attached hydrogens (primary N) is 1. The molecule has 0 aliphatic rings. The van der Waals surface area contributed by atoms with E-state index in [2.05, 4.69) is 4.98 Å². The fourth-order valence-corrected chi connectivity index (χ4v) is 2.34. The molecule has 0 amide bonds. The molecule has 0 aliphatic heterocycles. The highest BCUT2D eigenvalue weighted by atomic mass is 35.5. The quantitative estimate of drug-likeness (QED) is 0.890. The lowest BCUT2D eigenvalue weighted by molar-refractivity contribution is 0.291. The van der Waals surface area contributed by atoms with Crippen molar-refractivity contribution in [3.63, 3.8) is 0 Å². The van der Waals surface area contributed by atoms with Crippen LogP contribution in [-0.4, -0.2) is 18.1 Å². The number of aromatic nitrogens is 1. The van der Waals surface area contributed by atoms with E-state index in [1.165, 1.54) is 0 Å². The van der Waals surface area contributed by atoms with Crippen molar-refractivity contribution in [2.75, 3.05) is 7.11 Å². The predicted molar refractivity (Wildman–Crippen MR) is 83.9 cm³/mol. The van der Waals surface area contributed by atoms with Gasteiger partial charge in [0.2, 0.25) is 5.88 Å². The van der Waals surface area contributed by atoms with Crippen molar-refractivity contribution in [2.24, 2.45) is 5.73 Å². The normalized spacial score (nSPS) is 12.0. The van der Waals surface area contributed by atoms with Crippen molar-refractivity contribution in [1.82, 2.24) is 4.98 Å². The molecule has 112 valence electrons. The molecule has 0 spiro atoms. The van der Waals surface area contributed by atoms with Gasteiger partial charge in [-0.15, -0.1) is 0 Å². The summed E-state index contributed by atoms with van der Waals surface area (Å²) in [5.41, 5.74) is 7.74. The Morgan fingerprint density at radius 1 is 1.24 bits per heavy atom. The van der Waals surface area contributed by atoms with Crippen LogP contribution in [0.5, 0.6) is 11.6 Å². The van der Waals surface area contributed by atoms with Crippen molar-refractivity contribution in [2.45, 2.75) is 26.0 Å². The molecule has 0 fully saturated rings. The Morgan fingerprint density at radius 2 is 2.00 bits per heavy atom. The molecule has 1 heterocycles. The Balaban J connectivity index is 2.19. The molecule has 2 aromatic rings. The topological polar surface area (TPSA) is 57.4 Å². The summed E-state index contributed by atoms with van der Waals surface area (Å²) in [7, 11) is 1.59. The van der Waals surface area contributed by atoms with Gasteiger partial charge in [0.05, 0.1) is 17.7 Å². The Kier molecular flexibility index (Phi) is 5.42. The number of methoxy groups -OCH3 is 1. The lowest BCUT2D eigenvalue weighted by Gasteiger charge is -2.15. The van der Waals surface area contributed by atoms with Crippen LogP contribution in [0.15, 0.2) is 36.5 Å². The minimum Gasteiger partial charge on any atom is -0.487 e. The number of nitrogens with zero attached hydrogens (tertiary/aromatic N) is 1. The van der Waals surface area contributed by atoms with Crippen LogP contribution in [0.25, 0.3) is 0 Å². The van der Waals surface area contributed by atoms with Crippen molar-refractivity contribution in [3.8, 4) is 11.6 Å². The molecule has 1 atom stereocenters. The van der Waals surface area contributed by atoms with E-state index in [1.54, 1.807) is 13.3 Å². The van der Waals surface area contributed by atoms with Crippen LogP contribution >= 0.6 is 11.6 Å². The molecule has 0 saturated heterocycles. The Morgan fingerprint density at radius 3 is 2.71 bits per heavy atom. The zero-order chi connectivity index (χ0) is 15.2. The molecule has 1 unspecified atom stereocenters. The van der Waals surface area contributed by atoms with Crippen LogP contribution < -0.4 is 15.2 Å². The summed E-state index contributed by atoms with van der Waals surface area (Å²) in [5.74, 6) is 1.22. The summed E-state index contributed by atoms with van der Waals surface area (Å²) in [5, 5.41) is 0.580. The van der Waals surface area contributed by atoms with Gasteiger partial charge in [0, 0.05) is 12.2 Å². The molecule has 21 heavy (non-hydrogen) atoms. The smallest absolute Gasteiger partial charge is 0.219 e. The van der Waals surface area contributed by atoms with E-state index < -0.39 is 0 Å². The third kappa shape index (κ3) is 4.09. The SMILES string of the molecule is COc1ncccc1COc1c(Cl)cccc1CC(C)N. The minimum absolute atomic E-state index is 0.0405. The number of hydrogen-bond acceptors (Lipinski definition) is 4. The summed E-state index contributed by atoms with van der Waals surface area (Å²) in [6.45, 7) is 2.29. The molecule has 2 N–H and O–H groups in total. The Hall–Kier alpha value is -1.78. The maximum atomic E-state index is 6.24. The summed E-state index contributed by atoms with van der Waals surface area (Å²) in [6.07, 6.45) is 2.39. The summed E-state index contributed by atoms with van der Waals surface area (Å²) >= 11 is 6.24. The number of rotatable bonds is 6. The van der Waals surface area contributed by atoms with Gasteiger partial charge in [0.1, 0.15) is 12.4 Å². The first-order valence-corrected chi connectivity index (χ1v) is 7.13. The van der Waals surface area contributed by atoms with Crippen LogP contribution in [-0.2, 0) is 13.0 Å². The fourth-order valence-electron chi connectivity index (χ4n) is 2.09. The van der Waals surface area contributed by atoms with Crippen LogP contribution in [0.4, 0.5) is 0 Å². The predicted octanol–water partition coefficient (Wildman–Crippen LogP) is 3.21. The average Bonchev–Trinajstić information content (AvgIpc) is 2.46. The largest absolute Gasteiger partial charge is 0.487 e. The second-order valence-electron chi connectivity index (χ2n) is 4.87. The highest BCUT2D eigenvalue weighted by molar-refractivity contribution is 6.32. The van der Waals surface area contributed by atoms with Crippen molar-refractivity contribution < 1.29 is 9.47 Å². The molecule has 2 rings (SSSR count). The Bertz CT molecular complexity index is 603. The monoisotopic (exact) mass is 306 g/mol. The number of ether oxygens (including phenoxy) is 2. The zero-order valence-electron chi connectivity index (χ0n) is 12.2. The first-order valence-electron chi connectivity index (χ1n) is 6.75. The molecular weight excluding hydrogens is 288 g/mol. The van der Waals surface area contributed by atoms with Gasteiger partial charge in [-0.1, -0.05) is 23.7 Å².